The van der Waals surface area contributed by atoms with Crippen molar-refractivity contribution in [1.82, 2.24) is 4.98 Å². The first-order valence-corrected chi connectivity index (χ1v) is 3.94. The van der Waals surface area contributed by atoms with E-state index in [0.717, 1.165) is 0 Å². The van der Waals surface area contributed by atoms with Gasteiger partial charge in [0.1, 0.15) is 6.07 Å². The highest BCUT2D eigenvalue weighted by atomic mass is 35.5. The van der Waals surface area contributed by atoms with Gasteiger partial charge in [-0.25, -0.2) is 0 Å². The third-order valence-corrected chi connectivity index (χ3v) is 1.00. The number of ether oxygens (including phenoxy) is 1. The van der Waals surface area contributed by atoms with Gasteiger partial charge in [-0.2, -0.15) is 0 Å². The van der Waals surface area contributed by atoms with Gasteiger partial charge in [0.2, 0.25) is 0 Å². The molecule has 0 saturated heterocycles. The Kier molecular flexibility index (Phi) is 8.89. The molecule has 2 nitrogen and oxygen atoms in total. The average molecular weight is 174 g/mol. The van der Waals surface area contributed by atoms with E-state index in [0.29, 0.717) is 12.7 Å². The first-order chi connectivity index (χ1) is 5.41. The molecule has 0 aliphatic rings. The van der Waals surface area contributed by atoms with Gasteiger partial charge in [-0.15, -0.1) is 0 Å². The van der Waals surface area contributed by atoms with Gasteiger partial charge in [0.15, 0.2) is 0 Å². The van der Waals surface area contributed by atoms with Gasteiger partial charge in [0.05, 0.1) is 0 Å². The monoisotopic (exact) mass is 173 g/mol. The number of hydrogen-bond donors (Lipinski definition) is 0. The minimum absolute atomic E-state index is 0.316. The lowest BCUT2D eigenvalue weighted by molar-refractivity contribution is 0.195. The highest BCUT2D eigenvalue weighted by molar-refractivity contribution is 6.17. The maximum Gasteiger partial charge on any atom is 0.120 e. The van der Waals surface area contributed by atoms with Crippen LogP contribution in [0.15, 0.2) is 30.6 Å². The maximum absolute atomic E-state index is 5.08. The zero-order valence-electron chi connectivity index (χ0n) is 6.53. The van der Waals surface area contributed by atoms with E-state index in [2.05, 4.69) is 9.72 Å². The predicted octanol–water partition coefficient (Wildman–Crippen LogP) is 2.30. The smallest absolute Gasteiger partial charge is 0.120 e. The Balaban J connectivity index is 0.000000187. The molecule has 1 heterocycles. The van der Waals surface area contributed by atoms with Crippen molar-refractivity contribution in [1.29, 1.82) is 0 Å². The standard InChI is InChI=1S/C5H5N.C3H7ClO/c1-2-4-6-5-3-1;1-2-5-3-4/h1-5H;2-3H2,1H3. The zero-order valence-corrected chi connectivity index (χ0v) is 7.29. The van der Waals surface area contributed by atoms with Crippen molar-refractivity contribution in [2.45, 2.75) is 6.92 Å². The summed E-state index contributed by atoms with van der Waals surface area (Å²) in [5, 5.41) is 0. The Labute approximate surface area is 72.2 Å². The minimum Gasteiger partial charge on any atom is -0.366 e. The van der Waals surface area contributed by atoms with Crippen LogP contribution in [0.25, 0.3) is 0 Å². The summed E-state index contributed by atoms with van der Waals surface area (Å²) in [5.41, 5.74) is 0. The molecule has 0 saturated carbocycles. The first kappa shape index (κ1) is 10.4. The molecule has 62 valence electrons. The molecule has 0 unspecified atom stereocenters. The molecule has 0 fully saturated rings. The number of pyridine rings is 1. The molecule has 1 rings (SSSR count). The van der Waals surface area contributed by atoms with Gasteiger partial charge < -0.3 is 4.74 Å². The molecule has 0 aliphatic heterocycles. The number of nitrogens with zero attached hydrogens (tertiary/aromatic N) is 1. The summed E-state index contributed by atoms with van der Waals surface area (Å²) in [6, 6.07) is 6.03. The van der Waals surface area contributed by atoms with Crippen molar-refractivity contribution < 1.29 is 4.74 Å². The number of aromatic nitrogens is 1. The summed E-state index contributed by atoms with van der Waals surface area (Å²) in [6.45, 7) is 2.62. The van der Waals surface area contributed by atoms with Crippen LogP contribution in [0.5, 0.6) is 0 Å². The van der Waals surface area contributed by atoms with Crippen LogP contribution in [-0.4, -0.2) is 17.7 Å². The molecular formula is C8H12ClNO. The van der Waals surface area contributed by atoms with Crippen molar-refractivity contribution in [2.24, 2.45) is 0 Å². The Hall–Kier alpha value is -0.600. The molecule has 11 heavy (non-hydrogen) atoms. The van der Waals surface area contributed by atoms with Gasteiger partial charge in [0, 0.05) is 19.0 Å². The second kappa shape index (κ2) is 9.40. The van der Waals surface area contributed by atoms with Crippen LogP contribution in [0.3, 0.4) is 0 Å². The topological polar surface area (TPSA) is 22.1 Å². The third kappa shape index (κ3) is 9.40. The fraction of sp³-hybridized carbons (Fsp3) is 0.375. The van der Waals surface area contributed by atoms with Crippen LogP contribution >= 0.6 is 11.6 Å². The van der Waals surface area contributed by atoms with E-state index in [1.807, 2.05) is 25.1 Å². The average Bonchev–Trinajstić information content (AvgIpc) is 2.10. The number of alkyl halides is 1. The van der Waals surface area contributed by atoms with E-state index in [-0.39, 0.29) is 0 Å². The lowest BCUT2D eigenvalue weighted by Gasteiger charge is -1.84. The SMILES string of the molecule is CCOCCl.c1ccncc1. The van der Waals surface area contributed by atoms with E-state index in [1.54, 1.807) is 12.4 Å². The summed E-state index contributed by atoms with van der Waals surface area (Å²) in [7, 11) is 0. The van der Waals surface area contributed by atoms with Crippen LogP contribution in [0.1, 0.15) is 6.92 Å². The van der Waals surface area contributed by atoms with Gasteiger partial charge in [-0.05, 0) is 19.1 Å². The molecule has 1 aromatic rings. The van der Waals surface area contributed by atoms with E-state index < -0.39 is 0 Å². The number of hydrogen-bond acceptors (Lipinski definition) is 2. The normalized spacial score (nSPS) is 8.18. The molecule has 0 amide bonds. The van der Waals surface area contributed by atoms with Crippen molar-refractivity contribution >= 4 is 11.6 Å². The molecule has 3 heteroatoms. The molecule has 0 N–H and O–H groups in total. The highest BCUT2D eigenvalue weighted by Crippen LogP contribution is 1.74. The van der Waals surface area contributed by atoms with E-state index in [1.165, 1.54) is 0 Å². The second-order valence-corrected chi connectivity index (χ2v) is 1.84. The van der Waals surface area contributed by atoms with Crippen molar-refractivity contribution in [3.63, 3.8) is 0 Å². The first-order valence-electron chi connectivity index (χ1n) is 3.40. The van der Waals surface area contributed by atoms with Gasteiger partial charge in [0.25, 0.3) is 0 Å². The van der Waals surface area contributed by atoms with Crippen LogP contribution in [0, 0.1) is 0 Å². The maximum atomic E-state index is 5.08. The fourth-order valence-electron chi connectivity index (χ4n) is 0.390. The summed E-state index contributed by atoms with van der Waals surface area (Å²) < 4.78 is 4.60. The minimum atomic E-state index is 0.316. The Morgan fingerprint density at radius 3 is 2.00 bits per heavy atom. The highest BCUT2D eigenvalue weighted by Gasteiger charge is 1.66. The van der Waals surface area contributed by atoms with Gasteiger partial charge in [-0.3, -0.25) is 4.98 Å². The van der Waals surface area contributed by atoms with Crippen LogP contribution in [0.4, 0.5) is 0 Å². The quantitative estimate of drug-likeness (QED) is 0.641. The Bertz CT molecular complexity index is 117. The number of halogens is 1. The largest absolute Gasteiger partial charge is 0.366 e. The molecule has 0 atom stereocenters. The molecule has 0 aliphatic carbocycles. The molecule has 0 aromatic carbocycles. The van der Waals surface area contributed by atoms with Crippen LogP contribution in [-0.2, 0) is 4.74 Å². The zero-order chi connectivity index (χ0) is 8.36. The second-order valence-electron chi connectivity index (χ2n) is 1.63. The molecule has 0 radical (unpaired) electrons. The summed E-state index contributed by atoms with van der Waals surface area (Å²) in [5.74, 6) is 0. The molecule has 0 spiro atoms. The predicted molar refractivity (Wildman–Crippen MR) is 46.6 cm³/mol. The number of rotatable bonds is 2. The fourth-order valence-corrected chi connectivity index (χ4v) is 0.544. The van der Waals surface area contributed by atoms with Crippen LogP contribution in [0.2, 0.25) is 0 Å². The lowest BCUT2D eigenvalue weighted by atomic mass is 10.5. The molecule has 0 bridgehead atoms. The van der Waals surface area contributed by atoms with Crippen molar-refractivity contribution in [3.8, 4) is 0 Å². The Morgan fingerprint density at radius 2 is 1.91 bits per heavy atom. The summed E-state index contributed by atoms with van der Waals surface area (Å²) in [6.07, 6.45) is 3.50. The Morgan fingerprint density at radius 1 is 1.27 bits per heavy atom. The van der Waals surface area contributed by atoms with E-state index >= 15 is 0 Å². The molecular weight excluding hydrogens is 162 g/mol. The third-order valence-electron chi connectivity index (χ3n) is 0.848. The van der Waals surface area contributed by atoms with Crippen molar-refractivity contribution in [3.05, 3.63) is 30.6 Å². The van der Waals surface area contributed by atoms with E-state index in [9.17, 15) is 0 Å². The van der Waals surface area contributed by atoms with Gasteiger partial charge >= 0.3 is 0 Å². The van der Waals surface area contributed by atoms with E-state index in [4.69, 9.17) is 11.6 Å². The van der Waals surface area contributed by atoms with Crippen LogP contribution < -0.4 is 0 Å². The lowest BCUT2D eigenvalue weighted by Crippen LogP contribution is -1.81. The molecule has 1 aromatic heterocycles. The van der Waals surface area contributed by atoms with Gasteiger partial charge in [-0.1, -0.05) is 17.7 Å². The summed E-state index contributed by atoms with van der Waals surface area (Å²) >= 11 is 5.08. The van der Waals surface area contributed by atoms with Crippen molar-refractivity contribution in [2.75, 3.05) is 12.7 Å². The summed E-state index contributed by atoms with van der Waals surface area (Å²) in [4.78, 5) is 3.78.